The number of carbonyl (C=O) groups is 1. The van der Waals surface area contributed by atoms with Crippen LogP contribution in [-0.4, -0.2) is 35.6 Å². The molecule has 12 heteroatoms. The number of anilines is 3. The van der Waals surface area contributed by atoms with Gasteiger partial charge in [-0.25, -0.2) is 15.0 Å². The lowest BCUT2D eigenvalue weighted by atomic mass is 10.1. The largest absolute Gasteiger partial charge is 0.416 e. The highest BCUT2D eigenvalue weighted by molar-refractivity contribution is 6.05. The van der Waals surface area contributed by atoms with Crippen molar-refractivity contribution in [1.29, 1.82) is 0 Å². The van der Waals surface area contributed by atoms with Crippen LogP contribution in [0.3, 0.4) is 0 Å². The Morgan fingerprint density at radius 1 is 1.05 bits per heavy atom. The van der Waals surface area contributed by atoms with Gasteiger partial charge in [0.05, 0.1) is 17.1 Å². The Balaban J connectivity index is 1.47. The van der Waals surface area contributed by atoms with Crippen LogP contribution in [-0.2, 0) is 13.2 Å². The Kier molecular flexibility index (Phi) is 5.99. The van der Waals surface area contributed by atoms with E-state index in [-0.39, 0.29) is 11.3 Å². The normalized spacial score (nSPS) is 11.5. The number of nitrogens with one attached hydrogen (secondary N) is 2. The molecule has 5 aromatic rings. The van der Waals surface area contributed by atoms with Crippen LogP contribution >= 0.6 is 0 Å². The van der Waals surface area contributed by atoms with Crippen LogP contribution in [0.25, 0.3) is 22.6 Å². The average molecular weight is 504 g/mol. The zero-order valence-corrected chi connectivity index (χ0v) is 19.6. The molecular formula is C25H19F3N8O. The van der Waals surface area contributed by atoms with Crippen molar-refractivity contribution in [2.45, 2.75) is 13.1 Å². The maximum atomic E-state index is 13.0. The van der Waals surface area contributed by atoms with Crippen molar-refractivity contribution in [1.82, 2.24) is 29.7 Å². The van der Waals surface area contributed by atoms with E-state index in [1.54, 1.807) is 42.3 Å². The number of benzene rings is 2. The number of carbonyl (C=O) groups excluding carboxylic acids is 1. The van der Waals surface area contributed by atoms with Crippen LogP contribution < -0.4 is 10.6 Å². The number of aromatic nitrogens is 6. The summed E-state index contributed by atoms with van der Waals surface area (Å²) >= 11 is 0. The van der Waals surface area contributed by atoms with Gasteiger partial charge in [-0.05, 0) is 42.8 Å². The molecule has 9 nitrogen and oxygen atoms in total. The Hall–Kier alpha value is -4.87. The van der Waals surface area contributed by atoms with Crippen molar-refractivity contribution in [3.05, 3.63) is 83.9 Å². The van der Waals surface area contributed by atoms with E-state index in [2.05, 4.69) is 35.7 Å². The van der Waals surface area contributed by atoms with Crippen LogP contribution in [0.4, 0.5) is 30.4 Å². The first-order valence-electron chi connectivity index (χ1n) is 11.0. The zero-order valence-electron chi connectivity index (χ0n) is 19.6. The van der Waals surface area contributed by atoms with E-state index in [1.165, 1.54) is 24.5 Å². The van der Waals surface area contributed by atoms with Gasteiger partial charge in [-0.3, -0.25) is 14.5 Å². The molecule has 3 heterocycles. The maximum absolute atomic E-state index is 13.0. The third kappa shape index (κ3) is 5.08. The number of amides is 1. The number of hydrogen-bond acceptors (Lipinski definition) is 7. The van der Waals surface area contributed by atoms with Crippen molar-refractivity contribution in [3.63, 3.8) is 0 Å². The lowest BCUT2D eigenvalue weighted by Crippen LogP contribution is -2.13. The van der Waals surface area contributed by atoms with E-state index < -0.39 is 17.6 Å². The average Bonchev–Trinajstić information content (AvgIpc) is 3.26. The van der Waals surface area contributed by atoms with Crippen molar-refractivity contribution < 1.29 is 18.0 Å². The molecule has 2 aromatic carbocycles. The summed E-state index contributed by atoms with van der Waals surface area (Å²) in [6.07, 6.45) is 1.86. The topological polar surface area (TPSA) is 111 Å². The van der Waals surface area contributed by atoms with Gasteiger partial charge in [0, 0.05) is 42.6 Å². The summed E-state index contributed by atoms with van der Waals surface area (Å²) in [5.41, 5.74) is 1.73. The molecule has 3 aromatic heterocycles. The molecule has 0 bridgehead atoms. The van der Waals surface area contributed by atoms with Gasteiger partial charge < -0.3 is 10.6 Å². The smallest absolute Gasteiger partial charge is 0.339 e. The monoisotopic (exact) mass is 504 g/mol. The second kappa shape index (κ2) is 9.30. The SMILES string of the molecule is Cc1ccc(C(=O)Nc2cccc(C(F)(F)F)c2)cc1Nc1nc(-c2cnccn2)nc2nn(C)cc12. The number of hydrogen-bond donors (Lipinski definition) is 2. The molecular weight excluding hydrogens is 485 g/mol. The second-order valence-electron chi connectivity index (χ2n) is 8.21. The van der Waals surface area contributed by atoms with Gasteiger partial charge in [-0.2, -0.15) is 18.3 Å². The van der Waals surface area contributed by atoms with Gasteiger partial charge in [-0.1, -0.05) is 12.1 Å². The Bertz CT molecular complexity index is 1620. The minimum Gasteiger partial charge on any atom is -0.339 e. The third-order valence-corrected chi connectivity index (χ3v) is 5.49. The van der Waals surface area contributed by atoms with E-state index >= 15 is 0 Å². The molecule has 0 radical (unpaired) electrons. The number of fused-ring (bicyclic) bond motifs is 1. The van der Waals surface area contributed by atoms with Gasteiger partial charge in [0.15, 0.2) is 11.5 Å². The number of alkyl halides is 3. The fourth-order valence-corrected chi connectivity index (χ4v) is 3.64. The summed E-state index contributed by atoms with van der Waals surface area (Å²) < 4.78 is 40.7. The first kappa shape index (κ1) is 23.9. The van der Waals surface area contributed by atoms with Crippen LogP contribution in [0.2, 0.25) is 0 Å². The fraction of sp³-hybridized carbons (Fsp3) is 0.120. The van der Waals surface area contributed by atoms with Gasteiger partial charge in [-0.15, -0.1) is 0 Å². The van der Waals surface area contributed by atoms with E-state index in [9.17, 15) is 18.0 Å². The molecule has 5 rings (SSSR count). The van der Waals surface area contributed by atoms with Crippen molar-refractivity contribution in [2.24, 2.45) is 7.05 Å². The summed E-state index contributed by atoms with van der Waals surface area (Å²) in [5.74, 6) is 0.201. The van der Waals surface area contributed by atoms with Crippen LogP contribution in [0.1, 0.15) is 21.5 Å². The van der Waals surface area contributed by atoms with E-state index in [1.807, 2.05) is 6.92 Å². The molecule has 0 saturated carbocycles. The second-order valence-corrected chi connectivity index (χ2v) is 8.21. The molecule has 0 fully saturated rings. The molecule has 0 saturated heterocycles. The van der Waals surface area contributed by atoms with Gasteiger partial charge in [0.2, 0.25) is 0 Å². The maximum Gasteiger partial charge on any atom is 0.416 e. The molecule has 37 heavy (non-hydrogen) atoms. The lowest BCUT2D eigenvalue weighted by Gasteiger charge is -2.13. The van der Waals surface area contributed by atoms with Crippen molar-refractivity contribution in [3.8, 4) is 11.5 Å². The summed E-state index contributed by atoms with van der Waals surface area (Å²) in [4.78, 5) is 30.3. The van der Waals surface area contributed by atoms with Gasteiger partial charge >= 0.3 is 6.18 Å². The molecule has 0 spiro atoms. The Labute approximate surface area is 208 Å². The lowest BCUT2D eigenvalue weighted by molar-refractivity contribution is -0.137. The number of rotatable bonds is 5. The number of aryl methyl sites for hydroxylation is 2. The van der Waals surface area contributed by atoms with E-state index in [0.717, 1.165) is 17.7 Å². The van der Waals surface area contributed by atoms with Crippen molar-refractivity contribution in [2.75, 3.05) is 10.6 Å². The van der Waals surface area contributed by atoms with Crippen LogP contribution in [0, 0.1) is 6.92 Å². The first-order valence-corrected chi connectivity index (χ1v) is 11.0. The highest BCUT2D eigenvalue weighted by Gasteiger charge is 2.30. The van der Waals surface area contributed by atoms with Crippen molar-refractivity contribution >= 4 is 34.1 Å². The molecule has 0 aliphatic heterocycles. The minimum atomic E-state index is -4.51. The van der Waals surface area contributed by atoms with Crippen LogP contribution in [0.5, 0.6) is 0 Å². The fourth-order valence-electron chi connectivity index (χ4n) is 3.64. The van der Waals surface area contributed by atoms with E-state index in [4.69, 9.17) is 0 Å². The molecule has 0 unspecified atom stereocenters. The summed E-state index contributed by atoms with van der Waals surface area (Å²) in [6.45, 7) is 1.85. The number of nitrogens with zero attached hydrogens (tertiary/aromatic N) is 6. The molecule has 0 aliphatic rings. The summed E-state index contributed by atoms with van der Waals surface area (Å²) in [5, 5.41) is 10.8. The number of halogens is 3. The highest BCUT2D eigenvalue weighted by atomic mass is 19.4. The quantitative estimate of drug-likeness (QED) is 0.341. The Morgan fingerprint density at radius 2 is 1.89 bits per heavy atom. The molecule has 0 aliphatic carbocycles. The van der Waals surface area contributed by atoms with Gasteiger partial charge in [0.1, 0.15) is 11.5 Å². The molecule has 1 amide bonds. The summed E-state index contributed by atoms with van der Waals surface area (Å²) in [7, 11) is 1.76. The zero-order chi connectivity index (χ0) is 26.2. The predicted octanol–water partition coefficient (Wildman–Crippen LogP) is 5.14. The minimum absolute atomic E-state index is 0.0383. The van der Waals surface area contributed by atoms with Gasteiger partial charge in [0.25, 0.3) is 5.91 Å². The molecule has 2 N–H and O–H groups in total. The Morgan fingerprint density at radius 3 is 2.65 bits per heavy atom. The standard InChI is InChI=1S/C25H19F3N8O/c1-14-6-7-15(24(37)31-17-5-3-4-16(11-17)25(26,27)28)10-19(14)32-21-18-13-36(2)35-22(18)34-23(33-21)20-12-29-8-9-30-20/h3-13H,1-2H3,(H,31,37)(H,32,33,34,35). The molecule has 0 atom stereocenters. The summed E-state index contributed by atoms with van der Waals surface area (Å²) in [6, 6.07) is 9.39. The first-order chi connectivity index (χ1) is 17.7. The highest BCUT2D eigenvalue weighted by Crippen LogP contribution is 2.31. The molecule has 186 valence electrons. The predicted molar refractivity (Wildman–Crippen MR) is 131 cm³/mol. The third-order valence-electron chi connectivity index (χ3n) is 5.49. The van der Waals surface area contributed by atoms with E-state index in [0.29, 0.717) is 34.1 Å². The van der Waals surface area contributed by atoms with Crippen LogP contribution in [0.15, 0.2) is 67.3 Å².